The Morgan fingerprint density at radius 1 is 1.02 bits per heavy atom. The number of hydrogen-bond acceptors (Lipinski definition) is 7. The Labute approximate surface area is 248 Å². The second-order valence-corrected chi connectivity index (χ2v) is 18.6. The molecule has 1 aliphatic rings. The van der Waals surface area contributed by atoms with Crippen LogP contribution in [0.1, 0.15) is 39.3 Å². The molecule has 0 unspecified atom stereocenters. The lowest BCUT2D eigenvalue weighted by molar-refractivity contribution is -0.147. The highest BCUT2D eigenvalue weighted by Gasteiger charge is 2.41. The average Bonchev–Trinajstić information content (AvgIpc) is 3.33. The third-order valence-electron chi connectivity index (χ3n) is 7.00. The van der Waals surface area contributed by atoms with E-state index in [2.05, 4.69) is 35.0 Å². The summed E-state index contributed by atoms with van der Waals surface area (Å²) in [6.45, 7) is 15.3. The summed E-state index contributed by atoms with van der Waals surface area (Å²) in [7, 11) is -1.24. The largest absolute Gasteiger partial charge is 0.444 e. The standard InChI is InChI=1S/C30H42N6O5Si/c1-21-18-35(25(22-11-9-8-10-12-22)19-34(21)29(39)41-30(2,3)4)28(38)27(37)33-24-17-31-15-23-16-32-36(26(23)24)20-40-13-14-42(5,6)7/h8-12,15-17,21,25H,13-14,18-20H2,1-7H3,(H,33,37)/t21-,25-/m1/s1. The van der Waals surface area contributed by atoms with Crippen LogP contribution in [0, 0.1) is 0 Å². The number of amides is 3. The number of piperazine rings is 1. The molecule has 0 spiro atoms. The first-order valence-electron chi connectivity index (χ1n) is 14.3. The number of pyridine rings is 1. The molecule has 2 aromatic heterocycles. The molecule has 1 fully saturated rings. The Balaban J connectivity index is 1.54. The van der Waals surface area contributed by atoms with Gasteiger partial charge in [-0.2, -0.15) is 5.10 Å². The molecule has 226 valence electrons. The summed E-state index contributed by atoms with van der Waals surface area (Å²) in [5, 5.41) is 7.90. The van der Waals surface area contributed by atoms with E-state index in [4.69, 9.17) is 9.47 Å². The number of aromatic nitrogens is 3. The molecule has 0 aliphatic carbocycles. The maximum Gasteiger partial charge on any atom is 0.410 e. The lowest BCUT2D eigenvalue weighted by Gasteiger charge is -2.45. The second kappa shape index (κ2) is 12.6. The first-order valence-corrected chi connectivity index (χ1v) is 18.0. The summed E-state index contributed by atoms with van der Waals surface area (Å²) >= 11 is 0. The van der Waals surface area contributed by atoms with Gasteiger partial charge in [-0.1, -0.05) is 50.0 Å². The number of rotatable bonds is 7. The van der Waals surface area contributed by atoms with Crippen LogP contribution in [0.15, 0.2) is 48.9 Å². The number of anilines is 1. The van der Waals surface area contributed by atoms with Gasteiger partial charge in [0.05, 0.1) is 29.6 Å². The smallest absolute Gasteiger partial charge is 0.410 e. The maximum absolute atomic E-state index is 13.7. The van der Waals surface area contributed by atoms with Crippen LogP contribution in [-0.2, 0) is 25.8 Å². The molecule has 1 aliphatic heterocycles. The Hall–Kier alpha value is -3.77. The molecule has 1 saturated heterocycles. The summed E-state index contributed by atoms with van der Waals surface area (Å²) in [5.74, 6) is -1.50. The van der Waals surface area contributed by atoms with E-state index in [0.29, 0.717) is 17.8 Å². The van der Waals surface area contributed by atoms with Crippen LogP contribution in [0.25, 0.3) is 10.9 Å². The molecule has 42 heavy (non-hydrogen) atoms. The predicted octanol–water partition coefficient (Wildman–Crippen LogP) is 4.89. The van der Waals surface area contributed by atoms with Gasteiger partial charge >= 0.3 is 17.9 Å². The molecule has 3 aromatic rings. The van der Waals surface area contributed by atoms with Crippen LogP contribution in [0.2, 0.25) is 25.7 Å². The molecule has 11 nitrogen and oxygen atoms in total. The molecule has 3 amide bonds. The quantitative estimate of drug-likeness (QED) is 0.235. The van der Waals surface area contributed by atoms with Crippen molar-refractivity contribution in [2.45, 2.75) is 77.8 Å². The van der Waals surface area contributed by atoms with Crippen molar-refractivity contribution in [2.24, 2.45) is 0 Å². The Morgan fingerprint density at radius 2 is 1.74 bits per heavy atom. The summed E-state index contributed by atoms with van der Waals surface area (Å²) < 4.78 is 13.2. The van der Waals surface area contributed by atoms with Gasteiger partial charge in [0.15, 0.2) is 0 Å². The topological polar surface area (TPSA) is 119 Å². The highest BCUT2D eigenvalue weighted by molar-refractivity contribution is 6.76. The van der Waals surface area contributed by atoms with E-state index in [-0.39, 0.29) is 25.9 Å². The molecule has 0 saturated carbocycles. The molecule has 1 aromatic carbocycles. The van der Waals surface area contributed by atoms with Crippen molar-refractivity contribution in [3.8, 4) is 0 Å². The van der Waals surface area contributed by atoms with E-state index >= 15 is 0 Å². The average molecular weight is 595 g/mol. The molecule has 0 bridgehead atoms. The van der Waals surface area contributed by atoms with Crippen molar-refractivity contribution in [1.29, 1.82) is 0 Å². The van der Waals surface area contributed by atoms with Crippen molar-refractivity contribution in [3.63, 3.8) is 0 Å². The van der Waals surface area contributed by atoms with E-state index in [1.54, 1.807) is 22.0 Å². The summed E-state index contributed by atoms with van der Waals surface area (Å²) in [5.41, 5.74) is 1.15. The number of nitrogens with one attached hydrogen (secondary N) is 1. The van der Waals surface area contributed by atoms with Crippen molar-refractivity contribution < 1.29 is 23.9 Å². The number of nitrogens with zero attached hydrogens (tertiary/aromatic N) is 5. The normalized spacial score (nSPS) is 17.8. The van der Waals surface area contributed by atoms with Gasteiger partial charge in [0.1, 0.15) is 12.3 Å². The number of ether oxygens (including phenoxy) is 2. The van der Waals surface area contributed by atoms with Gasteiger partial charge in [0.25, 0.3) is 0 Å². The summed E-state index contributed by atoms with van der Waals surface area (Å²) in [6.07, 6.45) is 4.36. The van der Waals surface area contributed by atoms with E-state index < -0.39 is 37.6 Å². The minimum Gasteiger partial charge on any atom is -0.444 e. The van der Waals surface area contributed by atoms with Gasteiger partial charge in [0, 0.05) is 45.4 Å². The van der Waals surface area contributed by atoms with E-state index in [9.17, 15) is 14.4 Å². The lowest BCUT2D eigenvalue weighted by atomic mass is 9.99. The SMILES string of the molecule is C[C@@H]1CN(C(=O)C(=O)Nc2cncc3cnn(COCC[Si](C)(C)C)c23)[C@@H](c2ccccc2)CN1C(=O)OC(C)(C)C. The van der Waals surface area contributed by atoms with Gasteiger partial charge in [-0.05, 0) is 39.3 Å². The third kappa shape index (κ3) is 7.74. The number of carbonyl (C=O) groups excluding carboxylic acids is 3. The zero-order valence-corrected chi connectivity index (χ0v) is 26.6. The molecular formula is C30H42N6O5Si. The zero-order chi connectivity index (χ0) is 30.7. The highest BCUT2D eigenvalue weighted by Crippen LogP contribution is 2.30. The molecule has 3 heterocycles. The van der Waals surface area contributed by atoms with E-state index in [1.807, 2.05) is 58.0 Å². The Bertz CT molecular complexity index is 1420. The Kier molecular flexibility index (Phi) is 9.36. The van der Waals surface area contributed by atoms with Crippen LogP contribution < -0.4 is 5.32 Å². The lowest BCUT2D eigenvalue weighted by Crippen LogP contribution is -2.59. The predicted molar refractivity (Wildman–Crippen MR) is 164 cm³/mol. The first kappa shape index (κ1) is 31.2. The van der Waals surface area contributed by atoms with Crippen molar-refractivity contribution >= 4 is 42.6 Å². The van der Waals surface area contributed by atoms with E-state index in [1.165, 1.54) is 11.1 Å². The fourth-order valence-corrected chi connectivity index (χ4v) is 5.56. The van der Waals surface area contributed by atoms with Crippen LogP contribution in [-0.4, -0.2) is 81.9 Å². The van der Waals surface area contributed by atoms with Crippen LogP contribution in [0.4, 0.5) is 10.5 Å². The van der Waals surface area contributed by atoms with Crippen molar-refractivity contribution in [2.75, 3.05) is 25.0 Å². The minimum absolute atomic E-state index is 0.163. The Morgan fingerprint density at radius 3 is 2.40 bits per heavy atom. The molecule has 12 heteroatoms. The second-order valence-electron chi connectivity index (χ2n) is 12.9. The highest BCUT2D eigenvalue weighted by atomic mass is 28.3. The number of hydrogen-bond donors (Lipinski definition) is 1. The zero-order valence-electron chi connectivity index (χ0n) is 25.6. The number of fused-ring (bicyclic) bond motifs is 1. The van der Waals surface area contributed by atoms with Crippen molar-refractivity contribution in [1.82, 2.24) is 24.6 Å². The molecule has 1 N–H and O–H groups in total. The van der Waals surface area contributed by atoms with Gasteiger partial charge < -0.3 is 24.6 Å². The third-order valence-corrected chi connectivity index (χ3v) is 8.71. The number of benzene rings is 1. The fourth-order valence-electron chi connectivity index (χ4n) is 4.80. The number of carbonyl (C=O) groups is 3. The molecule has 2 atom stereocenters. The van der Waals surface area contributed by atoms with Crippen LogP contribution in [0.3, 0.4) is 0 Å². The van der Waals surface area contributed by atoms with Gasteiger partial charge in [-0.3, -0.25) is 14.6 Å². The van der Waals surface area contributed by atoms with Crippen molar-refractivity contribution in [3.05, 3.63) is 54.5 Å². The molecule has 4 rings (SSSR count). The summed E-state index contributed by atoms with van der Waals surface area (Å²) in [6, 6.07) is 9.51. The first-order chi connectivity index (χ1) is 19.7. The molecular weight excluding hydrogens is 552 g/mol. The molecule has 0 radical (unpaired) electrons. The van der Waals surface area contributed by atoms with Crippen LogP contribution >= 0.6 is 0 Å². The monoisotopic (exact) mass is 594 g/mol. The minimum atomic E-state index is -1.24. The fraction of sp³-hybridized carbons (Fsp3) is 0.500. The van der Waals surface area contributed by atoms with Gasteiger partial charge in [0.2, 0.25) is 0 Å². The summed E-state index contributed by atoms with van der Waals surface area (Å²) in [4.78, 5) is 47.6. The van der Waals surface area contributed by atoms with Gasteiger partial charge in [-0.25, -0.2) is 9.48 Å². The van der Waals surface area contributed by atoms with Gasteiger partial charge in [-0.15, -0.1) is 0 Å². The van der Waals surface area contributed by atoms with Crippen LogP contribution in [0.5, 0.6) is 0 Å². The maximum atomic E-state index is 13.7. The van der Waals surface area contributed by atoms with E-state index in [0.717, 1.165) is 17.0 Å².